The fraction of sp³-hybridized carbons (Fsp3) is 0.136. The molecule has 2 aromatic heterocycles. The van der Waals surface area contributed by atoms with Gasteiger partial charge in [-0.05, 0) is 18.2 Å². The lowest BCUT2D eigenvalue weighted by Crippen LogP contribution is -2.23. The van der Waals surface area contributed by atoms with E-state index < -0.39 is 5.97 Å². The van der Waals surface area contributed by atoms with Crippen LogP contribution in [0.2, 0.25) is 0 Å². The standard InChI is InChI=1S/C22H19N3O4S/c1-14(26)25(19-9-5-6-10-20(19)28-2)22-24-15(13-30-22)12-29-21(27)17-11-23-18-8-4-3-7-16(17)18/h3-11,13,23H,12H2,1-2H3. The molecule has 0 spiro atoms. The third-order valence-corrected chi connectivity index (χ3v) is 5.41. The quantitative estimate of drug-likeness (QED) is 0.457. The zero-order chi connectivity index (χ0) is 21.1. The third kappa shape index (κ3) is 3.77. The molecule has 2 heterocycles. The monoisotopic (exact) mass is 421 g/mol. The number of carbonyl (C=O) groups is 2. The number of carbonyl (C=O) groups excluding carboxylic acids is 2. The van der Waals surface area contributed by atoms with Crippen LogP contribution in [-0.4, -0.2) is 29.0 Å². The summed E-state index contributed by atoms with van der Waals surface area (Å²) in [6.45, 7) is 1.47. The number of thiazole rings is 1. The van der Waals surface area contributed by atoms with Gasteiger partial charge in [-0.3, -0.25) is 9.69 Å². The van der Waals surface area contributed by atoms with Crippen molar-refractivity contribution >= 4 is 44.9 Å². The minimum atomic E-state index is -0.435. The van der Waals surface area contributed by atoms with Crippen molar-refractivity contribution in [1.82, 2.24) is 9.97 Å². The number of hydrogen-bond donors (Lipinski definition) is 1. The topological polar surface area (TPSA) is 84.5 Å². The first-order chi connectivity index (χ1) is 14.6. The van der Waals surface area contributed by atoms with Crippen LogP contribution >= 0.6 is 11.3 Å². The van der Waals surface area contributed by atoms with Gasteiger partial charge in [0.05, 0.1) is 24.1 Å². The molecule has 30 heavy (non-hydrogen) atoms. The van der Waals surface area contributed by atoms with E-state index >= 15 is 0 Å². The number of H-pyrrole nitrogens is 1. The second-order valence-electron chi connectivity index (χ2n) is 6.47. The number of benzene rings is 2. The largest absolute Gasteiger partial charge is 0.495 e. The van der Waals surface area contributed by atoms with E-state index in [9.17, 15) is 9.59 Å². The normalized spacial score (nSPS) is 10.7. The van der Waals surface area contributed by atoms with E-state index in [2.05, 4.69) is 9.97 Å². The first-order valence-electron chi connectivity index (χ1n) is 9.20. The average molecular weight is 421 g/mol. The first-order valence-corrected chi connectivity index (χ1v) is 10.1. The van der Waals surface area contributed by atoms with E-state index in [1.807, 2.05) is 36.4 Å². The molecule has 0 radical (unpaired) electrons. The molecule has 0 saturated heterocycles. The maximum absolute atomic E-state index is 12.5. The van der Waals surface area contributed by atoms with Crippen LogP contribution in [0.4, 0.5) is 10.8 Å². The van der Waals surface area contributed by atoms with Gasteiger partial charge < -0.3 is 14.5 Å². The summed E-state index contributed by atoms with van der Waals surface area (Å²) in [6.07, 6.45) is 1.64. The number of esters is 1. The molecule has 0 unspecified atom stereocenters. The number of fused-ring (bicyclic) bond motifs is 1. The minimum Gasteiger partial charge on any atom is -0.495 e. The summed E-state index contributed by atoms with van der Waals surface area (Å²) in [5.41, 5.74) is 2.50. The number of nitrogens with zero attached hydrogens (tertiary/aromatic N) is 2. The zero-order valence-electron chi connectivity index (χ0n) is 16.4. The lowest BCUT2D eigenvalue weighted by molar-refractivity contribution is -0.115. The van der Waals surface area contributed by atoms with Crippen molar-refractivity contribution in [3.63, 3.8) is 0 Å². The lowest BCUT2D eigenvalue weighted by Gasteiger charge is -2.20. The summed E-state index contributed by atoms with van der Waals surface area (Å²) < 4.78 is 10.8. The van der Waals surface area contributed by atoms with Crippen molar-refractivity contribution in [3.05, 3.63) is 71.4 Å². The molecule has 152 valence electrons. The van der Waals surface area contributed by atoms with E-state index in [1.165, 1.54) is 23.2 Å². The summed E-state index contributed by atoms with van der Waals surface area (Å²) in [7, 11) is 1.55. The number of aromatic nitrogens is 2. The summed E-state index contributed by atoms with van der Waals surface area (Å²) in [4.78, 5) is 33.8. The molecular formula is C22H19N3O4S. The third-order valence-electron chi connectivity index (χ3n) is 4.53. The van der Waals surface area contributed by atoms with Gasteiger partial charge >= 0.3 is 5.97 Å². The molecular weight excluding hydrogens is 402 g/mol. The second-order valence-corrected chi connectivity index (χ2v) is 7.31. The van der Waals surface area contributed by atoms with Gasteiger partial charge in [0.1, 0.15) is 12.4 Å². The molecule has 8 heteroatoms. The summed E-state index contributed by atoms with van der Waals surface area (Å²) in [5, 5.41) is 3.05. The van der Waals surface area contributed by atoms with Crippen LogP contribution < -0.4 is 9.64 Å². The molecule has 7 nitrogen and oxygen atoms in total. The Hall–Kier alpha value is -3.65. The fourth-order valence-corrected chi connectivity index (χ4v) is 4.01. The van der Waals surface area contributed by atoms with Crippen LogP contribution in [0.5, 0.6) is 5.75 Å². The number of nitrogens with one attached hydrogen (secondary N) is 1. The maximum atomic E-state index is 12.5. The predicted molar refractivity (Wildman–Crippen MR) is 115 cm³/mol. The highest BCUT2D eigenvalue weighted by molar-refractivity contribution is 7.14. The molecule has 0 fully saturated rings. The van der Waals surface area contributed by atoms with Crippen molar-refractivity contribution in [3.8, 4) is 5.75 Å². The van der Waals surface area contributed by atoms with E-state index in [4.69, 9.17) is 9.47 Å². The molecule has 0 aliphatic heterocycles. The molecule has 0 aliphatic rings. The van der Waals surface area contributed by atoms with E-state index in [0.717, 1.165) is 10.9 Å². The molecule has 4 aromatic rings. The molecule has 0 aliphatic carbocycles. The molecule has 2 aromatic carbocycles. The Kier molecular flexibility index (Phi) is 5.49. The average Bonchev–Trinajstić information content (AvgIpc) is 3.39. The highest BCUT2D eigenvalue weighted by atomic mass is 32.1. The number of amides is 1. The zero-order valence-corrected chi connectivity index (χ0v) is 17.2. The Bertz CT molecular complexity index is 1210. The smallest absolute Gasteiger partial charge is 0.340 e. The van der Waals surface area contributed by atoms with Gasteiger partial charge in [0.2, 0.25) is 5.91 Å². The minimum absolute atomic E-state index is 0.00646. The van der Waals surface area contributed by atoms with Crippen LogP contribution in [0.25, 0.3) is 10.9 Å². The Morgan fingerprint density at radius 3 is 2.70 bits per heavy atom. The maximum Gasteiger partial charge on any atom is 0.340 e. The van der Waals surface area contributed by atoms with Crippen LogP contribution in [0.3, 0.4) is 0 Å². The Morgan fingerprint density at radius 1 is 1.13 bits per heavy atom. The van der Waals surface area contributed by atoms with Gasteiger partial charge in [0.15, 0.2) is 5.13 Å². The molecule has 0 saturated carbocycles. The van der Waals surface area contributed by atoms with Crippen molar-refractivity contribution < 1.29 is 19.1 Å². The first kappa shape index (κ1) is 19.7. The van der Waals surface area contributed by atoms with Crippen LogP contribution in [0.15, 0.2) is 60.1 Å². The molecule has 4 rings (SSSR count). The molecule has 0 atom stereocenters. The van der Waals surface area contributed by atoms with Crippen molar-refractivity contribution in [2.24, 2.45) is 0 Å². The molecule has 1 N–H and O–H groups in total. The van der Waals surface area contributed by atoms with Crippen molar-refractivity contribution in [2.45, 2.75) is 13.5 Å². The number of anilines is 2. The summed E-state index contributed by atoms with van der Waals surface area (Å²) in [5.74, 6) is -0.0680. The van der Waals surface area contributed by atoms with E-state index in [-0.39, 0.29) is 12.5 Å². The van der Waals surface area contributed by atoms with Crippen molar-refractivity contribution in [2.75, 3.05) is 12.0 Å². The SMILES string of the molecule is COc1ccccc1N(C(C)=O)c1nc(COC(=O)c2c[nH]c3ccccc23)cs1. The van der Waals surface area contributed by atoms with Crippen LogP contribution in [0, 0.1) is 0 Å². The number of aromatic amines is 1. The van der Waals surface area contributed by atoms with Gasteiger partial charge in [0, 0.05) is 29.4 Å². The number of rotatable bonds is 6. The number of para-hydroxylation sites is 3. The fourth-order valence-electron chi connectivity index (χ4n) is 3.14. The number of ether oxygens (including phenoxy) is 2. The molecule has 1 amide bonds. The Morgan fingerprint density at radius 2 is 1.90 bits per heavy atom. The van der Waals surface area contributed by atoms with Gasteiger partial charge in [0.25, 0.3) is 0 Å². The summed E-state index contributed by atoms with van der Waals surface area (Å²) >= 11 is 1.29. The predicted octanol–water partition coefficient (Wildman–Crippen LogP) is 4.67. The van der Waals surface area contributed by atoms with Gasteiger partial charge in [-0.25, -0.2) is 9.78 Å². The van der Waals surface area contributed by atoms with E-state index in [0.29, 0.717) is 27.8 Å². The molecule has 0 bridgehead atoms. The van der Waals surface area contributed by atoms with E-state index in [1.54, 1.807) is 30.8 Å². The Balaban J connectivity index is 1.52. The van der Waals surface area contributed by atoms with Crippen LogP contribution in [-0.2, 0) is 16.1 Å². The van der Waals surface area contributed by atoms with Crippen molar-refractivity contribution in [1.29, 1.82) is 0 Å². The Labute approximate surface area is 176 Å². The van der Waals surface area contributed by atoms with Gasteiger partial charge in [-0.2, -0.15) is 0 Å². The number of hydrogen-bond acceptors (Lipinski definition) is 6. The number of methoxy groups -OCH3 is 1. The highest BCUT2D eigenvalue weighted by Crippen LogP contribution is 2.35. The van der Waals surface area contributed by atoms with Gasteiger partial charge in [-0.1, -0.05) is 30.3 Å². The lowest BCUT2D eigenvalue weighted by atomic mass is 10.2. The van der Waals surface area contributed by atoms with Gasteiger partial charge in [-0.15, -0.1) is 11.3 Å². The highest BCUT2D eigenvalue weighted by Gasteiger charge is 2.22. The summed E-state index contributed by atoms with van der Waals surface area (Å²) in [6, 6.07) is 14.7. The van der Waals surface area contributed by atoms with Crippen LogP contribution in [0.1, 0.15) is 23.0 Å². The second kappa shape index (κ2) is 8.38.